The van der Waals surface area contributed by atoms with Crippen molar-refractivity contribution in [1.29, 1.82) is 0 Å². The molecule has 3 heteroatoms. The van der Waals surface area contributed by atoms with Crippen molar-refractivity contribution in [1.82, 2.24) is 0 Å². The lowest BCUT2D eigenvalue weighted by atomic mass is 9.77. The second kappa shape index (κ2) is 5.77. The molecule has 2 fully saturated rings. The van der Waals surface area contributed by atoms with Gasteiger partial charge in [0, 0.05) is 28.6 Å². The molecule has 0 amide bonds. The van der Waals surface area contributed by atoms with E-state index in [1.165, 1.54) is 67.3 Å². The summed E-state index contributed by atoms with van der Waals surface area (Å²) in [5.41, 5.74) is 3.53. The molecule has 0 aromatic heterocycles. The maximum atomic E-state index is 3.62. The molecule has 0 atom stereocenters. The Morgan fingerprint density at radius 1 is 1.05 bits per heavy atom. The zero-order valence-electron chi connectivity index (χ0n) is 11.3. The average molecular weight is 387 g/mol. The quantitative estimate of drug-likeness (QED) is 0.606. The van der Waals surface area contributed by atoms with Gasteiger partial charge in [-0.15, -0.1) is 0 Å². The zero-order chi connectivity index (χ0) is 13.3. The predicted molar refractivity (Wildman–Crippen MR) is 89.1 cm³/mol. The fraction of sp³-hybridized carbons (Fsp3) is 0.625. The van der Waals surface area contributed by atoms with Crippen LogP contribution in [0.3, 0.4) is 0 Å². The van der Waals surface area contributed by atoms with E-state index < -0.39 is 0 Å². The molecule has 0 N–H and O–H groups in total. The molecule has 1 saturated carbocycles. The van der Waals surface area contributed by atoms with Gasteiger partial charge in [0.1, 0.15) is 0 Å². The lowest BCUT2D eigenvalue weighted by Gasteiger charge is -2.41. The molecule has 1 saturated heterocycles. The molecule has 1 aliphatic carbocycles. The van der Waals surface area contributed by atoms with Gasteiger partial charge in [-0.05, 0) is 48.8 Å². The van der Waals surface area contributed by atoms with E-state index in [0.717, 1.165) is 5.33 Å². The minimum Gasteiger partial charge on any atom is -0.371 e. The molecular weight excluding hydrogens is 366 g/mol. The molecule has 2 aliphatic rings. The number of hydrogen-bond acceptors (Lipinski definition) is 1. The SMILES string of the molecule is BrCc1ccc(Br)cc1N1CCC2(CCCC2)CC1. The Labute approximate surface area is 133 Å². The van der Waals surface area contributed by atoms with E-state index in [1.807, 2.05) is 0 Å². The van der Waals surface area contributed by atoms with Gasteiger partial charge < -0.3 is 4.90 Å². The Hall–Kier alpha value is -0.0200. The number of halogens is 2. The first-order valence-corrected chi connectivity index (χ1v) is 9.23. The Morgan fingerprint density at radius 2 is 1.74 bits per heavy atom. The van der Waals surface area contributed by atoms with E-state index >= 15 is 0 Å². The normalized spacial score (nSPS) is 22.1. The molecule has 1 aromatic carbocycles. The van der Waals surface area contributed by atoms with Crippen molar-refractivity contribution >= 4 is 37.5 Å². The second-order valence-electron chi connectivity index (χ2n) is 6.10. The number of anilines is 1. The van der Waals surface area contributed by atoms with Gasteiger partial charge in [-0.3, -0.25) is 0 Å². The van der Waals surface area contributed by atoms with Crippen LogP contribution in [0.4, 0.5) is 5.69 Å². The van der Waals surface area contributed by atoms with Crippen molar-refractivity contribution in [2.24, 2.45) is 5.41 Å². The van der Waals surface area contributed by atoms with Gasteiger partial charge in [0.2, 0.25) is 0 Å². The molecule has 0 bridgehead atoms. The molecule has 104 valence electrons. The van der Waals surface area contributed by atoms with Crippen LogP contribution in [-0.2, 0) is 5.33 Å². The number of nitrogens with zero attached hydrogens (tertiary/aromatic N) is 1. The van der Waals surface area contributed by atoms with Gasteiger partial charge >= 0.3 is 0 Å². The van der Waals surface area contributed by atoms with Gasteiger partial charge in [0.05, 0.1) is 0 Å². The molecule has 1 spiro atoms. The van der Waals surface area contributed by atoms with Gasteiger partial charge in [-0.2, -0.15) is 0 Å². The summed E-state index contributed by atoms with van der Waals surface area (Å²) in [6.07, 6.45) is 8.66. The monoisotopic (exact) mass is 385 g/mol. The Bertz CT molecular complexity index is 442. The van der Waals surface area contributed by atoms with Gasteiger partial charge in [-0.1, -0.05) is 50.8 Å². The van der Waals surface area contributed by atoms with Crippen molar-refractivity contribution < 1.29 is 0 Å². The maximum Gasteiger partial charge on any atom is 0.0418 e. The van der Waals surface area contributed by atoms with E-state index in [9.17, 15) is 0 Å². The predicted octanol–water partition coefficient (Wildman–Crippen LogP) is 5.50. The maximum absolute atomic E-state index is 3.62. The molecular formula is C16H21Br2N. The van der Waals surface area contributed by atoms with Crippen LogP contribution in [0.1, 0.15) is 44.1 Å². The first-order valence-electron chi connectivity index (χ1n) is 7.32. The van der Waals surface area contributed by atoms with E-state index in [-0.39, 0.29) is 0 Å². The molecule has 19 heavy (non-hydrogen) atoms. The average Bonchev–Trinajstić information content (AvgIpc) is 2.88. The van der Waals surface area contributed by atoms with Crippen LogP contribution in [0.15, 0.2) is 22.7 Å². The number of benzene rings is 1. The summed E-state index contributed by atoms with van der Waals surface area (Å²) >= 11 is 7.23. The zero-order valence-corrected chi connectivity index (χ0v) is 14.5. The first kappa shape index (κ1) is 13.9. The second-order valence-corrected chi connectivity index (χ2v) is 7.58. The van der Waals surface area contributed by atoms with Gasteiger partial charge in [-0.25, -0.2) is 0 Å². The standard InChI is InChI=1S/C16H21Br2N/c17-12-13-3-4-14(18)11-15(13)19-9-7-16(8-10-19)5-1-2-6-16/h3-4,11H,1-2,5-10,12H2. The molecule has 0 unspecified atom stereocenters. The van der Waals surface area contributed by atoms with Gasteiger partial charge in [0.15, 0.2) is 0 Å². The number of hydrogen-bond donors (Lipinski definition) is 0. The third kappa shape index (κ3) is 2.87. The Kier molecular flexibility index (Phi) is 4.23. The van der Waals surface area contributed by atoms with E-state index in [2.05, 4.69) is 55.0 Å². The fourth-order valence-corrected chi connectivity index (χ4v) is 4.61. The van der Waals surface area contributed by atoms with Crippen molar-refractivity contribution in [3.8, 4) is 0 Å². The highest BCUT2D eigenvalue weighted by atomic mass is 79.9. The molecule has 1 heterocycles. The Balaban J connectivity index is 1.76. The van der Waals surface area contributed by atoms with Crippen LogP contribution in [0.2, 0.25) is 0 Å². The third-order valence-electron chi connectivity index (χ3n) is 5.02. The van der Waals surface area contributed by atoms with Crippen molar-refractivity contribution in [2.45, 2.75) is 43.9 Å². The topological polar surface area (TPSA) is 3.24 Å². The van der Waals surface area contributed by atoms with Crippen LogP contribution in [0.25, 0.3) is 0 Å². The Morgan fingerprint density at radius 3 is 2.37 bits per heavy atom. The lowest BCUT2D eigenvalue weighted by molar-refractivity contribution is 0.226. The van der Waals surface area contributed by atoms with Crippen LogP contribution < -0.4 is 4.90 Å². The highest BCUT2D eigenvalue weighted by Gasteiger charge is 2.37. The third-order valence-corrected chi connectivity index (χ3v) is 6.12. The van der Waals surface area contributed by atoms with Crippen molar-refractivity contribution in [3.05, 3.63) is 28.2 Å². The summed E-state index contributed by atoms with van der Waals surface area (Å²) in [5.74, 6) is 0. The van der Waals surface area contributed by atoms with Crippen molar-refractivity contribution in [3.63, 3.8) is 0 Å². The summed E-state index contributed by atoms with van der Waals surface area (Å²) in [6.45, 7) is 2.47. The summed E-state index contributed by atoms with van der Waals surface area (Å²) in [7, 11) is 0. The van der Waals surface area contributed by atoms with Crippen molar-refractivity contribution in [2.75, 3.05) is 18.0 Å². The van der Waals surface area contributed by atoms with E-state index in [4.69, 9.17) is 0 Å². The minimum absolute atomic E-state index is 0.705. The number of piperidine rings is 1. The molecule has 1 aliphatic heterocycles. The largest absolute Gasteiger partial charge is 0.371 e. The first-order chi connectivity index (χ1) is 9.22. The van der Waals surface area contributed by atoms with Gasteiger partial charge in [0.25, 0.3) is 0 Å². The summed E-state index contributed by atoms with van der Waals surface area (Å²) < 4.78 is 1.19. The smallest absolute Gasteiger partial charge is 0.0418 e. The molecule has 3 rings (SSSR count). The molecule has 0 radical (unpaired) electrons. The molecule has 1 nitrogen and oxygen atoms in total. The van der Waals surface area contributed by atoms with E-state index in [0.29, 0.717) is 5.41 Å². The lowest BCUT2D eigenvalue weighted by Crippen LogP contribution is -2.39. The highest BCUT2D eigenvalue weighted by molar-refractivity contribution is 9.10. The summed E-state index contributed by atoms with van der Waals surface area (Å²) in [6, 6.07) is 6.65. The van der Waals surface area contributed by atoms with Crippen LogP contribution in [0.5, 0.6) is 0 Å². The fourth-order valence-electron chi connectivity index (χ4n) is 3.79. The summed E-state index contributed by atoms with van der Waals surface area (Å²) in [4.78, 5) is 2.59. The van der Waals surface area contributed by atoms with Crippen LogP contribution in [-0.4, -0.2) is 13.1 Å². The summed E-state index contributed by atoms with van der Waals surface area (Å²) in [5, 5.41) is 0.942. The van der Waals surface area contributed by atoms with Crippen LogP contribution >= 0.6 is 31.9 Å². The minimum atomic E-state index is 0.705. The number of alkyl halides is 1. The highest BCUT2D eigenvalue weighted by Crippen LogP contribution is 2.47. The van der Waals surface area contributed by atoms with E-state index in [1.54, 1.807) is 0 Å². The van der Waals surface area contributed by atoms with Crippen LogP contribution in [0, 0.1) is 5.41 Å². The molecule has 1 aromatic rings. The number of rotatable bonds is 2.